The molecule has 0 bridgehead atoms. The van der Waals surface area contributed by atoms with Gasteiger partial charge in [-0.3, -0.25) is 0 Å². The second-order valence-electron chi connectivity index (χ2n) is 7.89. The first-order valence-electron chi connectivity index (χ1n) is 10.1. The molecule has 3 heterocycles. The molecule has 1 atom stereocenters. The molecule has 0 radical (unpaired) electrons. The quantitative estimate of drug-likeness (QED) is 0.521. The minimum atomic E-state index is -3.84. The molecule has 4 rings (SSSR count). The fourth-order valence-electron chi connectivity index (χ4n) is 4.04. The number of carbonyl (C=O) groups is 1. The van der Waals surface area contributed by atoms with E-state index < -0.39 is 15.8 Å². The number of sulfonamides is 1. The summed E-state index contributed by atoms with van der Waals surface area (Å²) in [6.45, 7) is 4.35. The van der Waals surface area contributed by atoms with E-state index in [2.05, 4.69) is 4.98 Å². The van der Waals surface area contributed by atoms with Gasteiger partial charge >= 0.3 is 0 Å². The molecule has 1 fully saturated rings. The number of fused-ring (bicyclic) bond motifs is 1. The number of carbonyl (C=O) groups excluding carboxylic acids is 1. The van der Waals surface area contributed by atoms with Gasteiger partial charge in [0.05, 0.1) is 17.5 Å². The lowest BCUT2D eigenvalue weighted by molar-refractivity contribution is -0.108. The highest BCUT2D eigenvalue weighted by Gasteiger charge is 2.35. The van der Waals surface area contributed by atoms with Gasteiger partial charge in [-0.2, -0.15) is 4.31 Å². The number of halogens is 1. The van der Waals surface area contributed by atoms with Crippen LogP contribution in [0.4, 0.5) is 4.39 Å². The maximum Gasteiger partial charge on any atom is 0.243 e. The van der Waals surface area contributed by atoms with Crippen LogP contribution in [0.1, 0.15) is 31.7 Å². The van der Waals surface area contributed by atoms with Gasteiger partial charge in [0.1, 0.15) is 11.9 Å². The number of hydrogen-bond acceptors (Lipinski definition) is 5. The van der Waals surface area contributed by atoms with Crippen molar-refractivity contribution >= 4 is 27.3 Å². The molecule has 0 amide bonds. The Kier molecular flexibility index (Phi) is 5.81. The van der Waals surface area contributed by atoms with E-state index in [1.54, 1.807) is 24.6 Å². The van der Waals surface area contributed by atoms with E-state index in [1.165, 1.54) is 16.4 Å². The summed E-state index contributed by atoms with van der Waals surface area (Å²) in [5.74, 6) is -0.708. The molecular weight excluding hydrogens is 421 g/mol. The Morgan fingerprint density at radius 1 is 1.32 bits per heavy atom. The molecule has 1 aliphatic heterocycles. The lowest BCUT2D eigenvalue weighted by Gasteiger charge is -2.18. The van der Waals surface area contributed by atoms with Crippen LogP contribution in [0.2, 0.25) is 0 Å². The standard InChI is InChI=1S/C22H24FN3O4S/c1-15(2)30-21-6-5-17(12-20(21)23)31(28,29)26-9-7-16(13-26)19-14-25(10-11-27)22-18(19)4-3-8-24-22/h3-6,8,11-12,14-16H,7,9-10,13H2,1-2H3. The van der Waals surface area contributed by atoms with Crippen molar-refractivity contribution in [2.75, 3.05) is 13.1 Å². The van der Waals surface area contributed by atoms with Crippen molar-refractivity contribution in [1.82, 2.24) is 13.9 Å². The smallest absolute Gasteiger partial charge is 0.243 e. The highest BCUT2D eigenvalue weighted by Crippen LogP contribution is 2.36. The summed E-state index contributed by atoms with van der Waals surface area (Å²) in [5, 5.41) is 0.912. The van der Waals surface area contributed by atoms with E-state index in [4.69, 9.17) is 4.74 Å². The molecule has 2 aromatic heterocycles. The summed E-state index contributed by atoms with van der Waals surface area (Å²) in [6.07, 6.45) is 4.77. The third kappa shape index (κ3) is 4.07. The first-order valence-corrected chi connectivity index (χ1v) is 11.6. The fourth-order valence-corrected chi connectivity index (χ4v) is 5.55. The first kappa shape index (κ1) is 21.5. The monoisotopic (exact) mass is 445 g/mol. The highest BCUT2D eigenvalue weighted by molar-refractivity contribution is 7.89. The van der Waals surface area contributed by atoms with Crippen LogP contribution in [-0.2, 0) is 21.4 Å². The van der Waals surface area contributed by atoms with Crippen molar-refractivity contribution < 1.29 is 22.3 Å². The van der Waals surface area contributed by atoms with Crippen LogP contribution in [0.5, 0.6) is 5.75 Å². The highest BCUT2D eigenvalue weighted by atomic mass is 32.2. The summed E-state index contributed by atoms with van der Waals surface area (Å²) in [5.41, 5.74) is 1.67. The maximum absolute atomic E-state index is 14.4. The SMILES string of the molecule is CC(C)Oc1ccc(S(=O)(=O)N2CCC(c3cn(CC=O)c4ncccc34)C2)cc1F. The molecule has 0 spiro atoms. The van der Waals surface area contributed by atoms with Gasteiger partial charge in [0.15, 0.2) is 11.6 Å². The number of benzene rings is 1. The Morgan fingerprint density at radius 2 is 2.13 bits per heavy atom. The van der Waals surface area contributed by atoms with Gasteiger partial charge in [0, 0.05) is 36.8 Å². The Labute approximate surface area is 180 Å². The molecule has 9 heteroatoms. The number of pyridine rings is 1. The van der Waals surface area contributed by atoms with Crippen LogP contribution in [0.3, 0.4) is 0 Å². The van der Waals surface area contributed by atoms with Gasteiger partial charge in [0.2, 0.25) is 10.0 Å². The number of aldehydes is 1. The number of nitrogens with zero attached hydrogens (tertiary/aromatic N) is 3. The van der Waals surface area contributed by atoms with Crippen LogP contribution in [0.25, 0.3) is 11.0 Å². The second kappa shape index (κ2) is 8.39. The topological polar surface area (TPSA) is 81.5 Å². The predicted molar refractivity (Wildman–Crippen MR) is 114 cm³/mol. The molecule has 7 nitrogen and oxygen atoms in total. The Balaban J connectivity index is 1.60. The average molecular weight is 446 g/mol. The Bertz CT molecular complexity index is 1220. The van der Waals surface area contributed by atoms with E-state index in [0.717, 1.165) is 23.3 Å². The molecule has 1 aromatic carbocycles. The van der Waals surface area contributed by atoms with E-state index in [1.807, 2.05) is 18.3 Å². The van der Waals surface area contributed by atoms with Crippen molar-refractivity contribution in [3.63, 3.8) is 0 Å². The molecule has 1 saturated heterocycles. The molecule has 3 aromatic rings. The van der Waals surface area contributed by atoms with Gasteiger partial charge in [0.25, 0.3) is 0 Å². The largest absolute Gasteiger partial charge is 0.488 e. The summed E-state index contributed by atoms with van der Waals surface area (Å²) >= 11 is 0. The van der Waals surface area contributed by atoms with Crippen molar-refractivity contribution in [2.24, 2.45) is 0 Å². The minimum Gasteiger partial charge on any atom is -0.488 e. The number of ether oxygens (including phenoxy) is 1. The number of rotatable bonds is 7. The van der Waals surface area contributed by atoms with Gasteiger partial charge in [-0.1, -0.05) is 0 Å². The van der Waals surface area contributed by atoms with Crippen LogP contribution < -0.4 is 4.74 Å². The predicted octanol–water partition coefficient (Wildman–Crippen LogP) is 3.34. The van der Waals surface area contributed by atoms with E-state index in [9.17, 15) is 17.6 Å². The molecule has 0 saturated carbocycles. The lowest BCUT2D eigenvalue weighted by atomic mass is 9.99. The zero-order chi connectivity index (χ0) is 22.2. The van der Waals surface area contributed by atoms with Gasteiger partial charge in [-0.05, 0) is 56.2 Å². The average Bonchev–Trinajstić information content (AvgIpc) is 3.35. The number of hydrogen-bond donors (Lipinski definition) is 0. The van der Waals surface area contributed by atoms with Crippen LogP contribution in [0.15, 0.2) is 47.6 Å². The molecule has 1 unspecified atom stereocenters. The van der Waals surface area contributed by atoms with Gasteiger partial charge < -0.3 is 14.1 Å². The maximum atomic E-state index is 14.4. The molecule has 0 aliphatic carbocycles. The van der Waals surface area contributed by atoms with Crippen LogP contribution >= 0.6 is 0 Å². The van der Waals surface area contributed by atoms with Gasteiger partial charge in [-0.15, -0.1) is 0 Å². The van der Waals surface area contributed by atoms with Gasteiger partial charge in [-0.25, -0.2) is 17.8 Å². The summed E-state index contributed by atoms with van der Waals surface area (Å²) in [4.78, 5) is 15.3. The normalized spacial score (nSPS) is 17.5. The zero-order valence-corrected chi connectivity index (χ0v) is 18.2. The molecule has 31 heavy (non-hydrogen) atoms. The van der Waals surface area contributed by atoms with Crippen molar-refractivity contribution in [3.05, 3.63) is 54.1 Å². The summed E-state index contributed by atoms with van der Waals surface area (Å²) in [7, 11) is -3.84. The van der Waals surface area contributed by atoms with Crippen molar-refractivity contribution in [1.29, 1.82) is 0 Å². The lowest BCUT2D eigenvalue weighted by Crippen LogP contribution is -2.28. The Hall–Kier alpha value is -2.78. The molecular formula is C22H24FN3O4S. The molecule has 164 valence electrons. The summed E-state index contributed by atoms with van der Waals surface area (Å²) < 4.78 is 49.1. The summed E-state index contributed by atoms with van der Waals surface area (Å²) in [6, 6.07) is 7.50. The Morgan fingerprint density at radius 3 is 2.84 bits per heavy atom. The van der Waals surface area contributed by atoms with E-state index in [0.29, 0.717) is 18.6 Å². The second-order valence-corrected chi connectivity index (χ2v) is 9.82. The third-order valence-electron chi connectivity index (χ3n) is 5.43. The van der Waals surface area contributed by atoms with E-state index >= 15 is 0 Å². The first-order chi connectivity index (χ1) is 14.8. The zero-order valence-electron chi connectivity index (χ0n) is 17.4. The van der Waals surface area contributed by atoms with Crippen molar-refractivity contribution in [3.8, 4) is 5.75 Å². The van der Waals surface area contributed by atoms with E-state index in [-0.39, 0.29) is 35.8 Å². The molecule has 1 aliphatic rings. The molecule has 0 N–H and O–H groups in total. The van der Waals surface area contributed by atoms with Crippen molar-refractivity contribution in [2.45, 2.75) is 43.7 Å². The third-order valence-corrected chi connectivity index (χ3v) is 7.29. The van der Waals surface area contributed by atoms with Crippen LogP contribution in [0, 0.1) is 5.82 Å². The van der Waals surface area contributed by atoms with Crippen LogP contribution in [-0.4, -0.2) is 47.8 Å². The number of aromatic nitrogens is 2. The minimum absolute atomic E-state index is 0.0312. The fraction of sp³-hybridized carbons (Fsp3) is 0.364.